The highest BCUT2D eigenvalue weighted by atomic mass is 15.1. The van der Waals surface area contributed by atoms with Crippen molar-refractivity contribution >= 4 is 43.6 Å². The molecule has 0 amide bonds. The van der Waals surface area contributed by atoms with Crippen LogP contribution in [0.15, 0.2) is 140 Å². The van der Waals surface area contributed by atoms with Gasteiger partial charge in [-0.3, -0.25) is 24.5 Å². The predicted molar refractivity (Wildman–Crippen MR) is 179 cm³/mol. The number of para-hydroxylation sites is 1. The Balaban J connectivity index is 1.23. The average molecular weight is 578 g/mol. The maximum atomic E-state index is 5.17. The molecule has 0 aliphatic carbocycles. The molecule has 45 heavy (non-hydrogen) atoms. The predicted octanol–water partition coefficient (Wildman–Crippen LogP) is 8.46. The summed E-state index contributed by atoms with van der Waals surface area (Å²) in [5.41, 5.74) is 9.09. The van der Waals surface area contributed by atoms with Gasteiger partial charge >= 0.3 is 0 Å². The van der Waals surface area contributed by atoms with Gasteiger partial charge in [0.05, 0.1) is 45.3 Å². The summed E-state index contributed by atoms with van der Waals surface area (Å²) in [5, 5.41) is 4.40. The third-order valence-corrected chi connectivity index (χ3v) is 8.24. The van der Waals surface area contributed by atoms with E-state index in [1.165, 1.54) is 0 Å². The van der Waals surface area contributed by atoms with Crippen molar-refractivity contribution in [1.82, 2.24) is 34.5 Å². The molecular weight excluding hydrogens is 554 g/mol. The standard InChI is InChI=1S/C38H23N7/c1-2-10-34-29(8-1)30-14-17-40-23-35(30)45(34)36-11-3-9-31(44-36)33-20-27(19-32(43-33)26-7-4-15-39-21-26)28-18-25-13-12-24-6-5-16-41-37(24)38(25)42-22-28/h1-23H. The fraction of sp³-hybridized carbons (Fsp3) is 0. The van der Waals surface area contributed by atoms with E-state index in [4.69, 9.17) is 15.0 Å². The van der Waals surface area contributed by atoms with Crippen molar-refractivity contribution in [3.05, 3.63) is 140 Å². The second-order valence-electron chi connectivity index (χ2n) is 10.9. The SMILES string of the molecule is c1cncc(-c2cc(-c3cnc4c(ccc5cccnc54)c3)cc(-c3cccc(-n4c5ccccc5c5ccncc54)n3)n2)c1. The second kappa shape index (κ2) is 10.1. The lowest BCUT2D eigenvalue weighted by molar-refractivity contribution is 1.07. The monoisotopic (exact) mass is 577 g/mol. The van der Waals surface area contributed by atoms with Crippen LogP contribution in [0.3, 0.4) is 0 Å². The summed E-state index contributed by atoms with van der Waals surface area (Å²) in [6.45, 7) is 0. The fourth-order valence-corrected chi connectivity index (χ4v) is 6.14. The van der Waals surface area contributed by atoms with Gasteiger partial charge in [0.25, 0.3) is 0 Å². The maximum absolute atomic E-state index is 5.17. The Morgan fingerprint density at radius 3 is 2.24 bits per heavy atom. The van der Waals surface area contributed by atoms with E-state index >= 15 is 0 Å². The van der Waals surface area contributed by atoms with Gasteiger partial charge in [-0.1, -0.05) is 42.5 Å². The minimum atomic E-state index is 0.757. The van der Waals surface area contributed by atoms with Gasteiger partial charge in [0.1, 0.15) is 5.82 Å². The lowest BCUT2D eigenvalue weighted by atomic mass is 10.0. The summed E-state index contributed by atoms with van der Waals surface area (Å²) in [6, 6.07) is 35.0. The highest BCUT2D eigenvalue weighted by Crippen LogP contribution is 2.34. The summed E-state index contributed by atoms with van der Waals surface area (Å²) in [4.78, 5) is 28.5. The number of hydrogen-bond acceptors (Lipinski definition) is 6. The molecule has 9 rings (SSSR count). The lowest BCUT2D eigenvalue weighted by Crippen LogP contribution is -2.00. The van der Waals surface area contributed by atoms with Gasteiger partial charge in [-0.2, -0.15) is 0 Å². The maximum Gasteiger partial charge on any atom is 0.138 e. The van der Waals surface area contributed by atoms with Crippen LogP contribution in [0.2, 0.25) is 0 Å². The molecule has 210 valence electrons. The Labute approximate surface area is 257 Å². The first-order chi connectivity index (χ1) is 22.3. The molecule has 0 aliphatic rings. The third-order valence-electron chi connectivity index (χ3n) is 8.24. The molecule has 0 aliphatic heterocycles. The summed E-state index contributed by atoms with van der Waals surface area (Å²) >= 11 is 0. The van der Waals surface area contributed by atoms with E-state index < -0.39 is 0 Å². The quantitative estimate of drug-likeness (QED) is 0.195. The largest absolute Gasteiger partial charge is 0.292 e. The normalized spacial score (nSPS) is 11.6. The van der Waals surface area contributed by atoms with Crippen LogP contribution in [-0.4, -0.2) is 34.5 Å². The van der Waals surface area contributed by atoms with E-state index in [9.17, 15) is 0 Å². The molecular formula is C38H23N7. The van der Waals surface area contributed by atoms with Crippen LogP contribution in [-0.2, 0) is 0 Å². The number of benzene rings is 2. The Morgan fingerprint density at radius 1 is 0.444 bits per heavy atom. The fourth-order valence-electron chi connectivity index (χ4n) is 6.14. The van der Waals surface area contributed by atoms with Crippen molar-refractivity contribution in [1.29, 1.82) is 0 Å². The van der Waals surface area contributed by atoms with Crippen LogP contribution in [0.25, 0.3) is 83.2 Å². The van der Waals surface area contributed by atoms with E-state index in [1.807, 2.05) is 67.4 Å². The van der Waals surface area contributed by atoms with Gasteiger partial charge in [-0.05, 0) is 66.2 Å². The Kier molecular flexibility index (Phi) is 5.67. The Hall–Kier alpha value is -6.34. The average Bonchev–Trinajstić information content (AvgIpc) is 3.46. The second-order valence-corrected chi connectivity index (χ2v) is 10.9. The topological polar surface area (TPSA) is 82.3 Å². The lowest BCUT2D eigenvalue weighted by Gasteiger charge is -2.12. The van der Waals surface area contributed by atoms with Crippen LogP contribution in [0.5, 0.6) is 0 Å². The van der Waals surface area contributed by atoms with E-state index in [2.05, 4.69) is 86.2 Å². The zero-order chi connectivity index (χ0) is 29.7. The molecule has 7 aromatic heterocycles. The number of aromatic nitrogens is 7. The van der Waals surface area contributed by atoms with Gasteiger partial charge in [-0.15, -0.1) is 0 Å². The van der Waals surface area contributed by atoms with Crippen LogP contribution >= 0.6 is 0 Å². The van der Waals surface area contributed by atoms with Gasteiger partial charge in [0.2, 0.25) is 0 Å². The zero-order valence-electron chi connectivity index (χ0n) is 23.9. The van der Waals surface area contributed by atoms with E-state index in [1.54, 1.807) is 6.20 Å². The van der Waals surface area contributed by atoms with Crippen molar-refractivity contribution in [2.45, 2.75) is 0 Å². The van der Waals surface area contributed by atoms with Gasteiger partial charge in [0.15, 0.2) is 0 Å². The van der Waals surface area contributed by atoms with Crippen LogP contribution < -0.4 is 0 Å². The molecule has 0 saturated carbocycles. The van der Waals surface area contributed by atoms with E-state index in [0.717, 1.165) is 83.2 Å². The molecule has 0 unspecified atom stereocenters. The highest BCUT2D eigenvalue weighted by molar-refractivity contribution is 6.08. The van der Waals surface area contributed by atoms with Gasteiger partial charge in [0, 0.05) is 63.7 Å². The molecule has 0 radical (unpaired) electrons. The smallest absolute Gasteiger partial charge is 0.138 e. The Bertz CT molecular complexity index is 2500. The van der Waals surface area contributed by atoms with Crippen LogP contribution in [0.1, 0.15) is 0 Å². The summed E-state index contributed by atoms with van der Waals surface area (Å²) < 4.78 is 2.17. The molecule has 0 spiro atoms. The third kappa shape index (κ3) is 4.21. The molecule has 2 aromatic carbocycles. The first-order valence-corrected chi connectivity index (χ1v) is 14.7. The molecule has 0 atom stereocenters. The summed E-state index contributed by atoms with van der Waals surface area (Å²) in [7, 11) is 0. The zero-order valence-corrected chi connectivity index (χ0v) is 23.9. The number of hydrogen-bond donors (Lipinski definition) is 0. The molecule has 0 fully saturated rings. The minimum absolute atomic E-state index is 0.757. The van der Waals surface area contributed by atoms with E-state index in [0.29, 0.717) is 0 Å². The molecule has 9 aromatic rings. The van der Waals surface area contributed by atoms with Gasteiger partial charge < -0.3 is 0 Å². The van der Waals surface area contributed by atoms with Crippen molar-refractivity contribution < 1.29 is 0 Å². The highest BCUT2D eigenvalue weighted by Gasteiger charge is 2.16. The molecule has 7 heterocycles. The molecule has 7 heteroatoms. The molecule has 7 nitrogen and oxygen atoms in total. The first-order valence-electron chi connectivity index (χ1n) is 14.7. The van der Waals surface area contributed by atoms with Crippen LogP contribution in [0.4, 0.5) is 0 Å². The Morgan fingerprint density at radius 2 is 1.29 bits per heavy atom. The van der Waals surface area contributed by atoms with E-state index in [-0.39, 0.29) is 0 Å². The molecule has 0 N–H and O–H groups in total. The number of rotatable bonds is 4. The first kappa shape index (κ1) is 25.2. The summed E-state index contributed by atoms with van der Waals surface area (Å²) in [5.74, 6) is 0.800. The van der Waals surface area contributed by atoms with Crippen molar-refractivity contribution in [3.63, 3.8) is 0 Å². The number of nitrogens with zero attached hydrogens (tertiary/aromatic N) is 7. The number of fused-ring (bicyclic) bond motifs is 6. The summed E-state index contributed by atoms with van der Waals surface area (Å²) in [6.07, 6.45) is 11.1. The van der Waals surface area contributed by atoms with Crippen molar-refractivity contribution in [2.24, 2.45) is 0 Å². The minimum Gasteiger partial charge on any atom is -0.292 e. The molecule has 0 bridgehead atoms. The van der Waals surface area contributed by atoms with Crippen molar-refractivity contribution in [3.8, 4) is 39.6 Å². The molecule has 0 saturated heterocycles. The number of pyridine rings is 6. The van der Waals surface area contributed by atoms with Crippen LogP contribution in [0, 0.1) is 0 Å². The van der Waals surface area contributed by atoms with Gasteiger partial charge in [-0.25, -0.2) is 9.97 Å². The van der Waals surface area contributed by atoms with Crippen molar-refractivity contribution in [2.75, 3.05) is 0 Å².